The Bertz CT molecular complexity index is 577. The first-order chi connectivity index (χ1) is 9.28. The van der Waals surface area contributed by atoms with E-state index in [1.165, 1.54) is 11.2 Å². The molecule has 0 fully saturated rings. The van der Waals surface area contributed by atoms with Crippen molar-refractivity contribution in [3.8, 4) is 6.07 Å². The molecule has 0 radical (unpaired) electrons. The Balaban J connectivity index is 1.84. The van der Waals surface area contributed by atoms with Gasteiger partial charge in [-0.3, -0.25) is 0 Å². The Hall–Kier alpha value is -1.65. The van der Waals surface area contributed by atoms with Gasteiger partial charge in [-0.1, -0.05) is 0 Å². The number of halogens is 1. The number of hydrogen-bond acceptors (Lipinski definition) is 6. The van der Waals surface area contributed by atoms with E-state index in [2.05, 4.69) is 48.0 Å². The van der Waals surface area contributed by atoms with Crippen LogP contribution in [0, 0.1) is 11.3 Å². The first-order valence-corrected chi connectivity index (χ1v) is 7.35. The van der Waals surface area contributed by atoms with Gasteiger partial charge in [0.15, 0.2) is 0 Å². The van der Waals surface area contributed by atoms with Gasteiger partial charge in [-0.15, -0.1) is 11.3 Å². The second-order valence-electron chi connectivity index (χ2n) is 3.71. The molecule has 0 atom stereocenters. The van der Waals surface area contributed by atoms with Crippen LogP contribution in [0.1, 0.15) is 4.88 Å². The van der Waals surface area contributed by atoms with Gasteiger partial charge in [0.2, 0.25) is 0 Å². The van der Waals surface area contributed by atoms with E-state index in [-0.39, 0.29) is 6.54 Å². The van der Waals surface area contributed by atoms with Crippen molar-refractivity contribution in [2.45, 2.75) is 6.42 Å². The van der Waals surface area contributed by atoms with Gasteiger partial charge in [0.05, 0.1) is 6.07 Å². The largest absolute Gasteiger partial charge is 0.370 e. The fourth-order valence-electron chi connectivity index (χ4n) is 1.48. The smallest absolute Gasteiger partial charge is 0.132 e. The van der Waals surface area contributed by atoms with E-state index in [0.717, 1.165) is 23.3 Å². The van der Waals surface area contributed by atoms with E-state index in [1.54, 1.807) is 17.4 Å². The lowest BCUT2D eigenvalue weighted by Gasteiger charge is -2.06. The zero-order valence-corrected chi connectivity index (χ0v) is 12.5. The van der Waals surface area contributed by atoms with Crippen LogP contribution in [0.5, 0.6) is 0 Å². The molecule has 2 heterocycles. The van der Waals surface area contributed by atoms with Crippen LogP contribution in [0.4, 0.5) is 11.6 Å². The molecule has 7 heteroatoms. The summed E-state index contributed by atoms with van der Waals surface area (Å²) in [5.74, 6) is 1.41. The molecular formula is C12H12BrN5S. The van der Waals surface area contributed by atoms with Gasteiger partial charge in [0.1, 0.15) is 24.5 Å². The lowest BCUT2D eigenvalue weighted by molar-refractivity contribution is 1.02. The number of aromatic nitrogens is 2. The topological polar surface area (TPSA) is 73.6 Å². The highest BCUT2D eigenvalue weighted by atomic mass is 79.9. The van der Waals surface area contributed by atoms with Crippen molar-refractivity contribution >= 4 is 38.9 Å². The Morgan fingerprint density at radius 2 is 2.05 bits per heavy atom. The highest BCUT2D eigenvalue weighted by Crippen LogP contribution is 2.20. The SMILES string of the molecule is N#CCNc1cc(NCCc2cc(Br)cs2)ncn1. The maximum absolute atomic E-state index is 8.49. The maximum Gasteiger partial charge on any atom is 0.132 e. The lowest BCUT2D eigenvalue weighted by atomic mass is 10.3. The predicted molar refractivity (Wildman–Crippen MR) is 80.3 cm³/mol. The lowest BCUT2D eigenvalue weighted by Crippen LogP contribution is -2.07. The Kier molecular flexibility index (Phi) is 5.12. The van der Waals surface area contributed by atoms with Crippen LogP contribution in [-0.4, -0.2) is 23.1 Å². The van der Waals surface area contributed by atoms with Crippen LogP contribution >= 0.6 is 27.3 Å². The molecule has 2 aromatic rings. The van der Waals surface area contributed by atoms with E-state index < -0.39 is 0 Å². The van der Waals surface area contributed by atoms with E-state index >= 15 is 0 Å². The summed E-state index contributed by atoms with van der Waals surface area (Å²) in [4.78, 5) is 9.48. The van der Waals surface area contributed by atoms with Crippen molar-refractivity contribution in [2.24, 2.45) is 0 Å². The minimum Gasteiger partial charge on any atom is -0.370 e. The molecule has 0 amide bonds. The molecule has 2 N–H and O–H groups in total. The first kappa shape index (κ1) is 13.8. The molecule has 0 aromatic carbocycles. The Morgan fingerprint density at radius 1 is 1.26 bits per heavy atom. The summed E-state index contributed by atoms with van der Waals surface area (Å²) in [6.45, 7) is 1.04. The molecule has 0 spiro atoms. The van der Waals surface area contributed by atoms with Crippen LogP contribution in [0.3, 0.4) is 0 Å². The van der Waals surface area contributed by atoms with E-state index in [9.17, 15) is 0 Å². The second-order valence-corrected chi connectivity index (χ2v) is 5.62. The zero-order valence-electron chi connectivity index (χ0n) is 10.1. The van der Waals surface area contributed by atoms with Gasteiger partial charge in [-0.05, 0) is 28.4 Å². The number of thiophene rings is 1. The normalized spacial score (nSPS) is 9.89. The molecule has 5 nitrogen and oxygen atoms in total. The highest BCUT2D eigenvalue weighted by molar-refractivity contribution is 9.10. The molecular weight excluding hydrogens is 326 g/mol. The molecule has 0 saturated carbocycles. The molecule has 0 unspecified atom stereocenters. The Labute approximate surface area is 123 Å². The number of nitrogens with zero attached hydrogens (tertiary/aromatic N) is 3. The number of nitrogens with one attached hydrogen (secondary N) is 2. The third-order valence-electron chi connectivity index (χ3n) is 2.31. The van der Waals surface area contributed by atoms with Crippen molar-refractivity contribution < 1.29 is 0 Å². The van der Waals surface area contributed by atoms with Crippen molar-refractivity contribution in [1.29, 1.82) is 5.26 Å². The molecule has 98 valence electrons. The molecule has 0 aliphatic rings. The third kappa shape index (κ3) is 4.50. The molecule has 0 aliphatic heterocycles. The average molecular weight is 338 g/mol. The van der Waals surface area contributed by atoms with Crippen LogP contribution in [0.25, 0.3) is 0 Å². The van der Waals surface area contributed by atoms with Crippen molar-refractivity contribution in [2.75, 3.05) is 23.7 Å². The van der Waals surface area contributed by atoms with E-state index in [1.807, 2.05) is 6.07 Å². The molecule has 19 heavy (non-hydrogen) atoms. The second kappa shape index (κ2) is 7.07. The average Bonchev–Trinajstić information content (AvgIpc) is 2.83. The summed E-state index contributed by atoms with van der Waals surface area (Å²) < 4.78 is 1.12. The van der Waals surface area contributed by atoms with Gasteiger partial charge < -0.3 is 10.6 Å². The summed E-state index contributed by atoms with van der Waals surface area (Å²) in [7, 11) is 0. The van der Waals surface area contributed by atoms with Crippen LogP contribution in [0.15, 0.2) is 28.3 Å². The van der Waals surface area contributed by atoms with Crippen LogP contribution < -0.4 is 10.6 Å². The fraction of sp³-hybridized carbons (Fsp3) is 0.250. The summed E-state index contributed by atoms with van der Waals surface area (Å²) in [5, 5.41) is 16.7. The molecule has 0 aliphatic carbocycles. The van der Waals surface area contributed by atoms with E-state index in [0.29, 0.717) is 5.82 Å². The highest BCUT2D eigenvalue weighted by Gasteiger charge is 2.00. The van der Waals surface area contributed by atoms with Crippen molar-refractivity contribution in [3.05, 3.63) is 33.2 Å². The fourth-order valence-corrected chi connectivity index (χ4v) is 2.93. The molecule has 0 saturated heterocycles. The third-order valence-corrected chi connectivity index (χ3v) is 4.07. The van der Waals surface area contributed by atoms with Gasteiger partial charge >= 0.3 is 0 Å². The number of hydrogen-bond donors (Lipinski definition) is 2. The standard InChI is InChI=1S/C12H12BrN5S/c13-9-5-10(19-7-9)1-3-15-11-6-12(16-4-2-14)18-8-17-11/h5-8H,1,3-4H2,(H2,15,16,17,18). The van der Waals surface area contributed by atoms with Gasteiger partial charge in [-0.2, -0.15) is 5.26 Å². The summed E-state index contributed by atoms with van der Waals surface area (Å²) in [6.07, 6.45) is 2.42. The van der Waals surface area contributed by atoms with Crippen LogP contribution in [-0.2, 0) is 6.42 Å². The zero-order chi connectivity index (χ0) is 13.5. The minimum atomic E-state index is 0.236. The van der Waals surface area contributed by atoms with E-state index in [4.69, 9.17) is 5.26 Å². The van der Waals surface area contributed by atoms with Gasteiger partial charge in [-0.25, -0.2) is 9.97 Å². The van der Waals surface area contributed by atoms with Crippen LogP contribution in [0.2, 0.25) is 0 Å². The van der Waals surface area contributed by atoms with Gasteiger partial charge in [0, 0.05) is 27.3 Å². The predicted octanol–water partition coefficient (Wildman–Crippen LogP) is 2.89. The first-order valence-electron chi connectivity index (χ1n) is 5.67. The maximum atomic E-state index is 8.49. The Morgan fingerprint density at radius 3 is 2.74 bits per heavy atom. The quantitative estimate of drug-likeness (QED) is 0.793. The van der Waals surface area contributed by atoms with Gasteiger partial charge in [0.25, 0.3) is 0 Å². The van der Waals surface area contributed by atoms with Crippen molar-refractivity contribution in [3.63, 3.8) is 0 Å². The summed E-state index contributed by atoms with van der Waals surface area (Å²) in [5.41, 5.74) is 0. The monoisotopic (exact) mass is 337 g/mol. The summed E-state index contributed by atoms with van der Waals surface area (Å²) in [6, 6.07) is 5.92. The molecule has 2 rings (SSSR count). The minimum absolute atomic E-state index is 0.236. The number of nitriles is 1. The number of rotatable bonds is 6. The number of anilines is 2. The molecule has 0 bridgehead atoms. The van der Waals surface area contributed by atoms with Crippen molar-refractivity contribution in [1.82, 2.24) is 9.97 Å². The summed E-state index contributed by atoms with van der Waals surface area (Å²) >= 11 is 5.17. The molecule has 2 aromatic heterocycles.